The third-order valence-corrected chi connectivity index (χ3v) is 4.90. The van der Waals surface area contributed by atoms with Gasteiger partial charge < -0.3 is 4.57 Å². The quantitative estimate of drug-likeness (QED) is 0.496. The summed E-state index contributed by atoms with van der Waals surface area (Å²) in [6.07, 6.45) is 1.65. The largest absolute Gasteiger partial charge is 0.318 e. The first-order valence-corrected chi connectivity index (χ1v) is 8.35. The summed E-state index contributed by atoms with van der Waals surface area (Å²) in [5.74, 6) is -0.418. The summed E-state index contributed by atoms with van der Waals surface area (Å²) in [5, 5.41) is 12.8. The summed E-state index contributed by atoms with van der Waals surface area (Å²) in [7, 11) is 0. The number of hydrogen-bond acceptors (Lipinski definition) is 5. The number of hydrogen-bond donors (Lipinski definition) is 1. The standard InChI is InChI=1S/C16H12ClN3O4S/c1-8-5-10(6-14-15(21)18-16(22)25-14)9(2)19(8)11-3-4-13(20(23)24)12(17)7-11/h3-7H,1-2H3,(H,18,21,22)/b14-6-. The Morgan fingerprint density at radius 1 is 1.28 bits per heavy atom. The molecule has 1 N–H and O–H groups in total. The van der Waals surface area contributed by atoms with Gasteiger partial charge in [0, 0.05) is 23.1 Å². The zero-order valence-electron chi connectivity index (χ0n) is 13.2. The van der Waals surface area contributed by atoms with Gasteiger partial charge in [-0.15, -0.1) is 0 Å². The molecule has 2 aromatic rings. The maximum absolute atomic E-state index is 11.7. The van der Waals surface area contributed by atoms with E-state index in [4.69, 9.17) is 11.6 Å². The van der Waals surface area contributed by atoms with Crippen molar-refractivity contribution in [2.24, 2.45) is 0 Å². The molecule has 1 aliphatic rings. The van der Waals surface area contributed by atoms with E-state index in [0.29, 0.717) is 10.6 Å². The first-order chi connectivity index (χ1) is 11.8. The predicted octanol–water partition coefficient (Wildman–Crippen LogP) is 3.98. The summed E-state index contributed by atoms with van der Waals surface area (Å²) in [4.78, 5) is 33.7. The fourth-order valence-electron chi connectivity index (χ4n) is 2.68. The summed E-state index contributed by atoms with van der Waals surface area (Å²) >= 11 is 6.85. The van der Waals surface area contributed by atoms with Crippen LogP contribution in [0.15, 0.2) is 29.2 Å². The van der Waals surface area contributed by atoms with Gasteiger partial charge >= 0.3 is 0 Å². The highest BCUT2D eigenvalue weighted by atomic mass is 35.5. The molecule has 0 bridgehead atoms. The Bertz CT molecular complexity index is 965. The van der Waals surface area contributed by atoms with Crippen molar-refractivity contribution < 1.29 is 14.5 Å². The van der Waals surface area contributed by atoms with Crippen molar-refractivity contribution in [2.45, 2.75) is 13.8 Å². The third-order valence-electron chi connectivity index (χ3n) is 3.79. The SMILES string of the molecule is Cc1cc(/C=C2\SC(=O)NC2=O)c(C)n1-c1ccc([N+](=O)[O-])c(Cl)c1. The van der Waals surface area contributed by atoms with Gasteiger partial charge in [-0.05, 0) is 55.4 Å². The number of nitrogens with zero attached hydrogens (tertiary/aromatic N) is 2. The number of amides is 2. The van der Waals surface area contributed by atoms with E-state index in [9.17, 15) is 19.7 Å². The molecule has 1 saturated heterocycles. The number of thioether (sulfide) groups is 1. The van der Waals surface area contributed by atoms with E-state index in [0.717, 1.165) is 28.7 Å². The van der Waals surface area contributed by atoms with E-state index in [1.165, 1.54) is 12.1 Å². The van der Waals surface area contributed by atoms with Gasteiger partial charge in [-0.2, -0.15) is 0 Å². The van der Waals surface area contributed by atoms with Gasteiger partial charge in [-0.25, -0.2) is 0 Å². The van der Waals surface area contributed by atoms with Crippen LogP contribution in [0.1, 0.15) is 17.0 Å². The number of imide groups is 1. The number of nitro benzene ring substituents is 1. The molecule has 0 aliphatic carbocycles. The van der Waals surface area contributed by atoms with Crippen LogP contribution in [0.25, 0.3) is 11.8 Å². The Morgan fingerprint density at radius 3 is 2.56 bits per heavy atom. The highest BCUT2D eigenvalue weighted by Crippen LogP contribution is 2.31. The maximum atomic E-state index is 11.7. The van der Waals surface area contributed by atoms with Crippen LogP contribution in [-0.4, -0.2) is 20.6 Å². The lowest BCUT2D eigenvalue weighted by Crippen LogP contribution is -2.17. The lowest BCUT2D eigenvalue weighted by molar-refractivity contribution is -0.384. The number of nitrogens with one attached hydrogen (secondary N) is 1. The number of benzene rings is 1. The van der Waals surface area contributed by atoms with Crippen molar-refractivity contribution in [3.8, 4) is 5.69 Å². The Kier molecular flexibility index (Phi) is 4.40. The monoisotopic (exact) mass is 377 g/mol. The number of rotatable bonds is 3. The number of carbonyl (C=O) groups excluding carboxylic acids is 2. The van der Waals surface area contributed by atoms with E-state index in [1.54, 1.807) is 12.1 Å². The van der Waals surface area contributed by atoms with Gasteiger partial charge in [0.2, 0.25) is 0 Å². The first-order valence-electron chi connectivity index (χ1n) is 7.16. The number of carbonyl (C=O) groups is 2. The molecule has 0 saturated carbocycles. The molecular weight excluding hydrogens is 366 g/mol. The minimum Gasteiger partial charge on any atom is -0.318 e. The fourth-order valence-corrected chi connectivity index (χ4v) is 3.59. The number of aromatic nitrogens is 1. The smallest absolute Gasteiger partial charge is 0.290 e. The van der Waals surface area contributed by atoms with Crippen LogP contribution in [0.5, 0.6) is 0 Å². The molecule has 1 aromatic carbocycles. The van der Waals surface area contributed by atoms with Crippen LogP contribution < -0.4 is 5.32 Å². The van der Waals surface area contributed by atoms with E-state index in [1.807, 2.05) is 24.5 Å². The Labute approximate surface area is 151 Å². The van der Waals surface area contributed by atoms with Gasteiger partial charge in [0.05, 0.1) is 9.83 Å². The molecule has 7 nitrogen and oxygen atoms in total. The molecule has 0 radical (unpaired) electrons. The van der Waals surface area contributed by atoms with Crippen molar-refractivity contribution in [3.63, 3.8) is 0 Å². The molecule has 1 aliphatic heterocycles. The van der Waals surface area contributed by atoms with Gasteiger partial charge in [0.15, 0.2) is 0 Å². The van der Waals surface area contributed by atoms with Crippen molar-refractivity contribution in [1.82, 2.24) is 9.88 Å². The lowest BCUT2D eigenvalue weighted by Gasteiger charge is -2.10. The predicted molar refractivity (Wildman–Crippen MR) is 96.0 cm³/mol. The van der Waals surface area contributed by atoms with Crippen LogP contribution in [0.3, 0.4) is 0 Å². The number of halogens is 1. The molecule has 128 valence electrons. The van der Waals surface area contributed by atoms with E-state index < -0.39 is 16.1 Å². The molecule has 2 amide bonds. The lowest BCUT2D eigenvalue weighted by atomic mass is 10.2. The highest BCUT2D eigenvalue weighted by Gasteiger charge is 2.25. The molecule has 3 rings (SSSR count). The van der Waals surface area contributed by atoms with Crippen LogP contribution in [0.2, 0.25) is 5.02 Å². The fraction of sp³-hybridized carbons (Fsp3) is 0.125. The second-order valence-corrected chi connectivity index (χ2v) is 6.83. The molecule has 1 aromatic heterocycles. The maximum Gasteiger partial charge on any atom is 0.290 e. The Morgan fingerprint density at radius 2 is 2.00 bits per heavy atom. The van der Waals surface area contributed by atoms with Crippen molar-refractivity contribution >= 4 is 46.3 Å². The van der Waals surface area contributed by atoms with Gasteiger partial charge in [0.1, 0.15) is 5.02 Å². The average Bonchev–Trinajstić information content (AvgIpc) is 2.98. The topological polar surface area (TPSA) is 94.2 Å². The summed E-state index contributed by atoms with van der Waals surface area (Å²) in [6, 6.07) is 6.36. The van der Waals surface area contributed by atoms with Gasteiger partial charge in [-0.3, -0.25) is 25.0 Å². The molecule has 1 fully saturated rings. The summed E-state index contributed by atoms with van der Waals surface area (Å²) in [5.41, 5.74) is 2.98. The van der Waals surface area contributed by atoms with Crippen LogP contribution in [-0.2, 0) is 4.79 Å². The molecule has 0 spiro atoms. The van der Waals surface area contributed by atoms with Crippen LogP contribution in [0, 0.1) is 24.0 Å². The second-order valence-electron chi connectivity index (χ2n) is 5.41. The highest BCUT2D eigenvalue weighted by molar-refractivity contribution is 8.18. The van der Waals surface area contributed by atoms with E-state index in [2.05, 4.69) is 5.32 Å². The second kappa shape index (κ2) is 6.38. The molecule has 2 heterocycles. The average molecular weight is 378 g/mol. The Balaban J connectivity index is 2.05. The van der Waals surface area contributed by atoms with Gasteiger partial charge in [0.25, 0.3) is 16.8 Å². The minimum atomic E-state index is -0.537. The summed E-state index contributed by atoms with van der Waals surface area (Å²) in [6.45, 7) is 3.73. The molecule has 25 heavy (non-hydrogen) atoms. The van der Waals surface area contributed by atoms with Gasteiger partial charge in [-0.1, -0.05) is 11.6 Å². The first kappa shape index (κ1) is 17.2. The number of nitro groups is 1. The van der Waals surface area contributed by atoms with Crippen LogP contribution >= 0.6 is 23.4 Å². The van der Waals surface area contributed by atoms with Crippen LogP contribution in [0.4, 0.5) is 10.5 Å². The minimum absolute atomic E-state index is 0.0474. The normalized spacial score (nSPS) is 15.7. The zero-order chi connectivity index (χ0) is 18.3. The zero-order valence-corrected chi connectivity index (χ0v) is 14.8. The molecular formula is C16H12ClN3O4S. The summed E-state index contributed by atoms with van der Waals surface area (Å²) < 4.78 is 1.88. The van der Waals surface area contributed by atoms with E-state index in [-0.39, 0.29) is 10.7 Å². The number of aryl methyl sites for hydroxylation is 1. The van der Waals surface area contributed by atoms with E-state index >= 15 is 0 Å². The van der Waals surface area contributed by atoms with Crippen molar-refractivity contribution in [1.29, 1.82) is 0 Å². The Hall–Kier alpha value is -2.58. The molecule has 0 atom stereocenters. The van der Waals surface area contributed by atoms with Crippen molar-refractivity contribution in [3.05, 3.63) is 61.3 Å². The third kappa shape index (κ3) is 3.18. The molecule has 9 heteroatoms. The van der Waals surface area contributed by atoms with Crippen molar-refractivity contribution in [2.75, 3.05) is 0 Å². The molecule has 0 unspecified atom stereocenters.